The van der Waals surface area contributed by atoms with Crippen molar-refractivity contribution in [2.45, 2.75) is 52.0 Å². The van der Waals surface area contributed by atoms with Crippen LogP contribution in [0.15, 0.2) is 42.6 Å². The maximum Gasteiger partial charge on any atom is 0.225 e. The van der Waals surface area contributed by atoms with Crippen LogP contribution in [0.2, 0.25) is 5.02 Å². The van der Waals surface area contributed by atoms with Gasteiger partial charge in [0.15, 0.2) is 0 Å². The highest BCUT2D eigenvalue weighted by molar-refractivity contribution is 6.30. The third-order valence-electron chi connectivity index (χ3n) is 5.34. The first-order valence-electron chi connectivity index (χ1n) is 10.2. The highest BCUT2D eigenvalue weighted by Crippen LogP contribution is 2.29. The molecular formula is C23H26ClN5. The molecule has 1 fully saturated rings. The van der Waals surface area contributed by atoms with Crippen molar-refractivity contribution in [3.8, 4) is 11.4 Å². The number of nitrogens with one attached hydrogen (secondary N) is 2. The van der Waals surface area contributed by atoms with Crippen molar-refractivity contribution in [3.05, 3.63) is 58.7 Å². The number of anilines is 3. The first kappa shape index (κ1) is 19.6. The van der Waals surface area contributed by atoms with Crippen LogP contribution in [0.1, 0.15) is 43.2 Å². The summed E-state index contributed by atoms with van der Waals surface area (Å²) >= 11 is 6.19. The van der Waals surface area contributed by atoms with Gasteiger partial charge in [-0.3, -0.25) is 4.98 Å². The molecule has 0 aliphatic heterocycles. The molecule has 0 saturated heterocycles. The number of pyridine rings is 1. The van der Waals surface area contributed by atoms with E-state index in [-0.39, 0.29) is 0 Å². The average Bonchev–Trinajstić information content (AvgIpc) is 2.72. The van der Waals surface area contributed by atoms with Gasteiger partial charge >= 0.3 is 0 Å². The minimum atomic E-state index is 0.426. The Morgan fingerprint density at radius 3 is 2.38 bits per heavy atom. The smallest absolute Gasteiger partial charge is 0.225 e. The van der Waals surface area contributed by atoms with Gasteiger partial charge in [-0.15, -0.1) is 0 Å². The minimum Gasteiger partial charge on any atom is -0.351 e. The van der Waals surface area contributed by atoms with E-state index in [1.54, 1.807) is 6.20 Å². The number of halogens is 1. The SMILES string of the molecule is Cc1cc(Cl)cc(C)c1Nc1cc(-c2ccccn2)nc(NC2CCCCC2)n1. The molecule has 0 atom stereocenters. The Kier molecular flexibility index (Phi) is 5.95. The number of nitrogens with zero attached hydrogens (tertiary/aromatic N) is 3. The number of hydrogen-bond acceptors (Lipinski definition) is 5. The molecule has 0 unspecified atom stereocenters. The van der Waals surface area contributed by atoms with Gasteiger partial charge in [-0.2, -0.15) is 4.98 Å². The first-order valence-corrected chi connectivity index (χ1v) is 10.6. The number of aromatic nitrogens is 3. The van der Waals surface area contributed by atoms with Gasteiger partial charge in [0.25, 0.3) is 0 Å². The van der Waals surface area contributed by atoms with Crippen LogP contribution in [0.4, 0.5) is 17.5 Å². The molecule has 1 aromatic carbocycles. The predicted octanol–water partition coefficient (Wildman–Crippen LogP) is 6.30. The van der Waals surface area contributed by atoms with E-state index in [1.165, 1.54) is 19.3 Å². The third-order valence-corrected chi connectivity index (χ3v) is 5.56. The van der Waals surface area contributed by atoms with Gasteiger partial charge in [0, 0.05) is 29.0 Å². The highest BCUT2D eigenvalue weighted by atomic mass is 35.5. The molecule has 0 amide bonds. The quantitative estimate of drug-likeness (QED) is 0.519. The standard InChI is InChI=1S/C23H26ClN5/c1-15-12-17(24)13-16(2)22(15)28-21-14-20(19-10-6-7-11-25-19)27-23(29-21)26-18-8-4-3-5-9-18/h6-7,10-14,18H,3-5,8-9H2,1-2H3,(H2,26,27,28,29). The van der Waals surface area contributed by atoms with Gasteiger partial charge in [-0.25, -0.2) is 4.98 Å². The predicted molar refractivity (Wildman–Crippen MR) is 120 cm³/mol. The van der Waals surface area contributed by atoms with Crippen LogP contribution in [-0.2, 0) is 0 Å². The van der Waals surface area contributed by atoms with E-state index in [1.807, 2.05) is 50.2 Å². The Bertz CT molecular complexity index is 961. The summed E-state index contributed by atoms with van der Waals surface area (Å²) in [7, 11) is 0. The summed E-state index contributed by atoms with van der Waals surface area (Å²) in [6, 6.07) is 12.1. The van der Waals surface area contributed by atoms with Gasteiger partial charge in [0.05, 0.1) is 11.4 Å². The molecule has 4 rings (SSSR count). The van der Waals surface area contributed by atoms with Crippen LogP contribution in [0.3, 0.4) is 0 Å². The Labute approximate surface area is 177 Å². The molecule has 1 aliphatic rings. The molecule has 3 aromatic rings. The highest BCUT2D eigenvalue weighted by Gasteiger charge is 2.16. The molecule has 1 aliphatic carbocycles. The summed E-state index contributed by atoms with van der Waals surface area (Å²) in [4.78, 5) is 14.0. The van der Waals surface area contributed by atoms with E-state index < -0.39 is 0 Å². The summed E-state index contributed by atoms with van der Waals surface area (Å²) in [5, 5.41) is 7.76. The summed E-state index contributed by atoms with van der Waals surface area (Å²) in [5.74, 6) is 1.39. The number of aryl methyl sites for hydroxylation is 2. The van der Waals surface area contributed by atoms with Crippen LogP contribution in [0.5, 0.6) is 0 Å². The Morgan fingerprint density at radius 2 is 1.69 bits per heavy atom. The fraction of sp³-hybridized carbons (Fsp3) is 0.348. The Morgan fingerprint density at radius 1 is 0.931 bits per heavy atom. The lowest BCUT2D eigenvalue weighted by Crippen LogP contribution is -2.23. The molecule has 2 heterocycles. The summed E-state index contributed by atoms with van der Waals surface area (Å²) in [6.07, 6.45) is 7.93. The van der Waals surface area contributed by atoms with E-state index in [0.29, 0.717) is 12.0 Å². The lowest BCUT2D eigenvalue weighted by atomic mass is 9.96. The third kappa shape index (κ3) is 4.85. The van der Waals surface area contributed by atoms with Crippen LogP contribution in [-0.4, -0.2) is 21.0 Å². The molecule has 1 saturated carbocycles. The second-order valence-electron chi connectivity index (χ2n) is 7.70. The van der Waals surface area contributed by atoms with E-state index in [9.17, 15) is 0 Å². The van der Waals surface area contributed by atoms with E-state index in [4.69, 9.17) is 21.6 Å². The number of hydrogen-bond donors (Lipinski definition) is 2. The van der Waals surface area contributed by atoms with Gasteiger partial charge in [0.1, 0.15) is 5.82 Å². The summed E-state index contributed by atoms with van der Waals surface area (Å²) in [5.41, 5.74) is 4.80. The summed E-state index contributed by atoms with van der Waals surface area (Å²) < 4.78 is 0. The lowest BCUT2D eigenvalue weighted by molar-refractivity contribution is 0.461. The normalized spacial score (nSPS) is 14.6. The number of rotatable bonds is 5. The van der Waals surface area contributed by atoms with Crippen molar-refractivity contribution in [2.75, 3.05) is 10.6 Å². The molecular weight excluding hydrogens is 382 g/mol. The molecule has 2 aromatic heterocycles. The second kappa shape index (κ2) is 8.78. The fourth-order valence-corrected chi connectivity index (χ4v) is 4.21. The maximum atomic E-state index is 6.19. The Balaban J connectivity index is 1.69. The topological polar surface area (TPSA) is 62.7 Å². The maximum absolute atomic E-state index is 6.19. The zero-order valence-electron chi connectivity index (χ0n) is 16.9. The van der Waals surface area contributed by atoms with E-state index in [2.05, 4.69) is 15.6 Å². The molecule has 150 valence electrons. The largest absolute Gasteiger partial charge is 0.351 e. The van der Waals surface area contributed by atoms with E-state index in [0.717, 1.165) is 51.9 Å². The van der Waals surface area contributed by atoms with Gasteiger partial charge in [-0.05, 0) is 62.1 Å². The molecule has 0 radical (unpaired) electrons. The molecule has 6 heteroatoms. The molecule has 0 bridgehead atoms. The van der Waals surface area contributed by atoms with Crippen LogP contribution in [0, 0.1) is 13.8 Å². The number of benzene rings is 1. The van der Waals surface area contributed by atoms with Crippen molar-refractivity contribution in [3.63, 3.8) is 0 Å². The zero-order chi connectivity index (χ0) is 20.2. The van der Waals surface area contributed by atoms with Crippen LogP contribution >= 0.6 is 11.6 Å². The van der Waals surface area contributed by atoms with Crippen molar-refractivity contribution in [1.82, 2.24) is 15.0 Å². The monoisotopic (exact) mass is 407 g/mol. The molecule has 5 nitrogen and oxygen atoms in total. The minimum absolute atomic E-state index is 0.426. The van der Waals surface area contributed by atoms with E-state index >= 15 is 0 Å². The Hall–Kier alpha value is -2.66. The van der Waals surface area contributed by atoms with Gasteiger partial charge in [-0.1, -0.05) is 36.9 Å². The zero-order valence-corrected chi connectivity index (χ0v) is 17.6. The van der Waals surface area contributed by atoms with Crippen molar-refractivity contribution in [2.24, 2.45) is 0 Å². The van der Waals surface area contributed by atoms with Gasteiger partial charge in [0.2, 0.25) is 5.95 Å². The fourth-order valence-electron chi connectivity index (χ4n) is 3.89. The van der Waals surface area contributed by atoms with Gasteiger partial charge < -0.3 is 10.6 Å². The molecule has 29 heavy (non-hydrogen) atoms. The van der Waals surface area contributed by atoms with Crippen molar-refractivity contribution in [1.29, 1.82) is 0 Å². The molecule has 2 N–H and O–H groups in total. The van der Waals surface area contributed by atoms with Crippen molar-refractivity contribution < 1.29 is 0 Å². The summed E-state index contributed by atoms with van der Waals surface area (Å²) in [6.45, 7) is 4.09. The molecule has 0 spiro atoms. The second-order valence-corrected chi connectivity index (χ2v) is 8.13. The van der Waals surface area contributed by atoms with Crippen LogP contribution < -0.4 is 10.6 Å². The lowest BCUT2D eigenvalue weighted by Gasteiger charge is -2.23. The first-order chi connectivity index (χ1) is 14.1. The van der Waals surface area contributed by atoms with Crippen LogP contribution in [0.25, 0.3) is 11.4 Å². The average molecular weight is 408 g/mol. The van der Waals surface area contributed by atoms with Crippen molar-refractivity contribution >= 4 is 29.1 Å².